The molecule has 1 rings (SSSR count). The average molecular weight is 175 g/mol. The average Bonchev–Trinajstić information content (AvgIpc) is 2.21. The lowest BCUT2D eigenvalue weighted by atomic mass is 9.93. The third-order valence-corrected chi connectivity index (χ3v) is 2.27. The van der Waals surface area contributed by atoms with Crippen LogP contribution in [0.15, 0.2) is 30.3 Å². The number of rotatable bonds is 4. The number of carbonyl (C=O) groups excluding carboxylic acids is 1. The molecule has 0 aromatic heterocycles. The van der Waals surface area contributed by atoms with E-state index >= 15 is 0 Å². The maximum Gasteiger partial charge on any atom is 0.165 e. The minimum absolute atomic E-state index is 0.0856. The molecule has 0 N–H and O–H groups in total. The summed E-state index contributed by atoms with van der Waals surface area (Å²) in [5.74, 6) is 0.306. The molecule has 0 fully saturated rings. The summed E-state index contributed by atoms with van der Waals surface area (Å²) in [6.45, 7) is 5.81. The van der Waals surface area contributed by atoms with Gasteiger partial charge in [-0.3, -0.25) is 4.79 Å². The summed E-state index contributed by atoms with van der Waals surface area (Å²) in [6.07, 6.45) is 1.56. The van der Waals surface area contributed by atoms with Gasteiger partial charge in [0.25, 0.3) is 0 Å². The van der Waals surface area contributed by atoms with Gasteiger partial charge in [0.05, 0.1) is 0 Å². The van der Waals surface area contributed by atoms with E-state index in [1.54, 1.807) is 0 Å². The van der Waals surface area contributed by atoms with E-state index in [0.29, 0.717) is 6.42 Å². The van der Waals surface area contributed by atoms with Gasteiger partial charge in [-0.2, -0.15) is 0 Å². The Hall–Kier alpha value is -1.11. The van der Waals surface area contributed by atoms with Crippen molar-refractivity contribution < 1.29 is 4.79 Å². The molecular weight excluding hydrogens is 160 g/mol. The molecule has 0 saturated heterocycles. The monoisotopic (exact) mass is 175 g/mol. The van der Waals surface area contributed by atoms with Gasteiger partial charge in [-0.15, -0.1) is 0 Å². The Morgan fingerprint density at radius 1 is 1.38 bits per heavy atom. The number of benzene rings is 1. The third kappa shape index (κ3) is 2.41. The topological polar surface area (TPSA) is 17.1 Å². The summed E-state index contributed by atoms with van der Waals surface area (Å²) in [7, 11) is 0. The summed E-state index contributed by atoms with van der Waals surface area (Å²) < 4.78 is 0. The van der Waals surface area contributed by atoms with E-state index in [0.717, 1.165) is 12.0 Å². The lowest BCUT2D eigenvalue weighted by Crippen LogP contribution is -2.12. The van der Waals surface area contributed by atoms with Gasteiger partial charge in [-0.25, -0.2) is 0 Å². The maximum atomic E-state index is 11.8. The predicted octanol–water partition coefficient (Wildman–Crippen LogP) is 3.12. The molecule has 0 aliphatic carbocycles. The SMILES string of the molecule is [CH2]CC(CC)C(=O)c1ccccc1. The third-order valence-electron chi connectivity index (χ3n) is 2.27. The Labute approximate surface area is 79.8 Å². The second kappa shape index (κ2) is 4.80. The smallest absolute Gasteiger partial charge is 0.165 e. The van der Waals surface area contributed by atoms with E-state index in [1.807, 2.05) is 37.3 Å². The van der Waals surface area contributed by atoms with Crippen LogP contribution in [0.3, 0.4) is 0 Å². The molecule has 0 aliphatic rings. The summed E-state index contributed by atoms with van der Waals surface area (Å²) >= 11 is 0. The fourth-order valence-electron chi connectivity index (χ4n) is 1.36. The fraction of sp³-hybridized carbons (Fsp3) is 0.333. The lowest BCUT2D eigenvalue weighted by Gasteiger charge is -2.10. The summed E-state index contributed by atoms with van der Waals surface area (Å²) in [6, 6.07) is 9.43. The first-order chi connectivity index (χ1) is 6.29. The van der Waals surface area contributed by atoms with E-state index in [9.17, 15) is 4.79 Å². The molecule has 0 aliphatic heterocycles. The first-order valence-corrected chi connectivity index (χ1v) is 4.68. The highest BCUT2D eigenvalue weighted by Crippen LogP contribution is 2.14. The molecule has 1 atom stereocenters. The van der Waals surface area contributed by atoms with Gasteiger partial charge in [-0.05, 0) is 12.8 Å². The van der Waals surface area contributed by atoms with Gasteiger partial charge in [0, 0.05) is 11.5 Å². The molecule has 13 heavy (non-hydrogen) atoms. The van der Waals surface area contributed by atoms with E-state index in [-0.39, 0.29) is 11.7 Å². The van der Waals surface area contributed by atoms with Crippen molar-refractivity contribution in [3.8, 4) is 0 Å². The number of hydrogen-bond donors (Lipinski definition) is 0. The molecular formula is C12H15O. The van der Waals surface area contributed by atoms with Crippen molar-refractivity contribution in [1.29, 1.82) is 0 Å². The van der Waals surface area contributed by atoms with E-state index in [1.165, 1.54) is 0 Å². The van der Waals surface area contributed by atoms with Gasteiger partial charge in [0.1, 0.15) is 0 Å². The molecule has 1 radical (unpaired) electrons. The van der Waals surface area contributed by atoms with Crippen LogP contribution < -0.4 is 0 Å². The Morgan fingerprint density at radius 3 is 2.46 bits per heavy atom. The van der Waals surface area contributed by atoms with Crippen LogP contribution in [0.4, 0.5) is 0 Å². The van der Waals surface area contributed by atoms with Gasteiger partial charge in [-0.1, -0.05) is 44.2 Å². The van der Waals surface area contributed by atoms with Crippen molar-refractivity contribution in [2.24, 2.45) is 5.92 Å². The van der Waals surface area contributed by atoms with Gasteiger partial charge < -0.3 is 0 Å². The lowest BCUT2D eigenvalue weighted by molar-refractivity contribution is 0.0917. The highest BCUT2D eigenvalue weighted by atomic mass is 16.1. The Bertz CT molecular complexity index is 260. The normalized spacial score (nSPS) is 10.4. The van der Waals surface area contributed by atoms with E-state index < -0.39 is 0 Å². The van der Waals surface area contributed by atoms with Crippen LogP contribution in [0.1, 0.15) is 30.1 Å². The zero-order valence-electron chi connectivity index (χ0n) is 7.99. The van der Waals surface area contributed by atoms with Crippen molar-refractivity contribution in [3.05, 3.63) is 42.8 Å². The van der Waals surface area contributed by atoms with Crippen LogP contribution in [-0.2, 0) is 0 Å². The number of hydrogen-bond acceptors (Lipinski definition) is 1. The zero-order valence-corrected chi connectivity index (χ0v) is 7.99. The van der Waals surface area contributed by atoms with Crippen molar-refractivity contribution in [1.82, 2.24) is 0 Å². The van der Waals surface area contributed by atoms with Crippen LogP contribution in [0.25, 0.3) is 0 Å². The molecule has 1 heteroatoms. The van der Waals surface area contributed by atoms with Crippen LogP contribution in [-0.4, -0.2) is 5.78 Å². The second-order valence-electron chi connectivity index (χ2n) is 3.12. The summed E-state index contributed by atoms with van der Waals surface area (Å²) in [5, 5.41) is 0. The summed E-state index contributed by atoms with van der Waals surface area (Å²) in [4.78, 5) is 11.8. The van der Waals surface area contributed by atoms with Crippen molar-refractivity contribution in [3.63, 3.8) is 0 Å². The first kappa shape index (κ1) is 9.97. The quantitative estimate of drug-likeness (QED) is 0.642. The highest BCUT2D eigenvalue weighted by Gasteiger charge is 2.15. The number of ketones is 1. The number of carbonyl (C=O) groups is 1. The molecule has 1 unspecified atom stereocenters. The van der Waals surface area contributed by atoms with Gasteiger partial charge in [0.15, 0.2) is 5.78 Å². The van der Waals surface area contributed by atoms with Crippen LogP contribution in [0.2, 0.25) is 0 Å². The zero-order chi connectivity index (χ0) is 9.68. The highest BCUT2D eigenvalue weighted by molar-refractivity contribution is 5.97. The Balaban J connectivity index is 2.78. The van der Waals surface area contributed by atoms with Gasteiger partial charge >= 0.3 is 0 Å². The second-order valence-corrected chi connectivity index (χ2v) is 3.12. The van der Waals surface area contributed by atoms with Crippen LogP contribution in [0.5, 0.6) is 0 Å². The van der Waals surface area contributed by atoms with E-state index in [2.05, 4.69) is 6.92 Å². The molecule has 0 heterocycles. The van der Waals surface area contributed by atoms with E-state index in [4.69, 9.17) is 0 Å². The fourth-order valence-corrected chi connectivity index (χ4v) is 1.36. The van der Waals surface area contributed by atoms with Gasteiger partial charge in [0.2, 0.25) is 0 Å². The van der Waals surface area contributed by atoms with Crippen molar-refractivity contribution >= 4 is 5.78 Å². The van der Waals surface area contributed by atoms with Crippen LogP contribution in [0, 0.1) is 12.8 Å². The molecule has 1 aromatic carbocycles. The van der Waals surface area contributed by atoms with Crippen molar-refractivity contribution in [2.75, 3.05) is 0 Å². The molecule has 0 saturated carbocycles. The molecule has 1 aromatic rings. The number of Topliss-reactive ketones (excluding diaryl/α,β-unsaturated/α-hetero) is 1. The Morgan fingerprint density at radius 2 is 2.00 bits per heavy atom. The molecule has 1 nitrogen and oxygen atoms in total. The largest absolute Gasteiger partial charge is 0.294 e. The first-order valence-electron chi connectivity index (χ1n) is 4.68. The molecule has 0 bridgehead atoms. The molecule has 0 spiro atoms. The molecule has 0 amide bonds. The summed E-state index contributed by atoms with van der Waals surface area (Å²) in [5.41, 5.74) is 0.804. The standard InChI is InChI=1S/C12H15O/c1-3-10(4-2)12(13)11-8-6-5-7-9-11/h5-10H,1,3-4H2,2H3. The Kier molecular flexibility index (Phi) is 3.69. The molecule has 69 valence electrons. The predicted molar refractivity (Wildman–Crippen MR) is 54.5 cm³/mol. The maximum absolute atomic E-state index is 11.8. The van der Waals surface area contributed by atoms with Crippen molar-refractivity contribution in [2.45, 2.75) is 19.8 Å². The van der Waals surface area contributed by atoms with Crippen LogP contribution >= 0.6 is 0 Å². The minimum Gasteiger partial charge on any atom is -0.294 e. The minimum atomic E-state index is 0.0856.